The maximum absolute atomic E-state index is 12.7. The summed E-state index contributed by atoms with van der Waals surface area (Å²) in [6.45, 7) is 4.41. The molecule has 0 heterocycles. The summed E-state index contributed by atoms with van der Waals surface area (Å²) in [4.78, 5) is 35.4. The third kappa shape index (κ3) is 42.1. The van der Waals surface area contributed by atoms with Gasteiger partial charge in [0.1, 0.15) is 19.8 Å². The first-order valence-corrected chi connectivity index (χ1v) is 24.6. The molecule has 0 aliphatic rings. The zero-order valence-corrected chi connectivity index (χ0v) is 38.0. The number of rotatable bonds is 42. The molecule has 9 nitrogen and oxygen atoms in total. The molecule has 0 aliphatic carbocycles. The smallest absolute Gasteiger partial charge is 0.462 e. The summed E-state index contributed by atoms with van der Waals surface area (Å²) in [5.41, 5.74) is 0. The SMILES string of the molecule is CCCCCCCC/C=C/CCCCCCCCCC(=O)OC[C@H](COP(=O)(O)OCC[N+](C)(C)C)OC(=O)CCCCCCC/C=C/CCCCCCCC. The Labute approximate surface area is 345 Å². The molecule has 0 aromatic rings. The number of hydrogen-bond donors (Lipinski definition) is 1. The van der Waals surface area contributed by atoms with E-state index >= 15 is 0 Å². The van der Waals surface area contributed by atoms with Crippen molar-refractivity contribution in [2.24, 2.45) is 0 Å². The second-order valence-corrected chi connectivity index (χ2v) is 18.2. The minimum absolute atomic E-state index is 0.0307. The fraction of sp³-hybridized carbons (Fsp3) is 0.870. The van der Waals surface area contributed by atoms with E-state index in [1.165, 1.54) is 122 Å². The van der Waals surface area contributed by atoms with Crippen molar-refractivity contribution in [1.82, 2.24) is 0 Å². The molecule has 0 bridgehead atoms. The molecule has 0 amide bonds. The van der Waals surface area contributed by atoms with E-state index in [2.05, 4.69) is 38.2 Å². The minimum Gasteiger partial charge on any atom is -0.462 e. The Morgan fingerprint density at radius 2 is 0.911 bits per heavy atom. The summed E-state index contributed by atoms with van der Waals surface area (Å²) in [6, 6.07) is 0. The molecule has 2 atom stereocenters. The van der Waals surface area contributed by atoms with Crippen molar-refractivity contribution in [3.05, 3.63) is 24.3 Å². The van der Waals surface area contributed by atoms with E-state index in [0.29, 0.717) is 17.4 Å². The molecule has 0 radical (unpaired) electrons. The van der Waals surface area contributed by atoms with Crippen LogP contribution in [0.4, 0.5) is 0 Å². The summed E-state index contributed by atoms with van der Waals surface area (Å²) in [6.07, 6.45) is 42.2. The third-order valence-corrected chi connectivity index (χ3v) is 10.9. The average Bonchev–Trinajstić information content (AvgIpc) is 3.15. The van der Waals surface area contributed by atoms with Gasteiger partial charge in [0.15, 0.2) is 6.10 Å². The maximum Gasteiger partial charge on any atom is 0.472 e. The van der Waals surface area contributed by atoms with Crippen LogP contribution in [0.1, 0.15) is 206 Å². The molecule has 10 heteroatoms. The lowest BCUT2D eigenvalue weighted by molar-refractivity contribution is -0.870. The fourth-order valence-electron chi connectivity index (χ4n) is 6.30. The normalized spacial score (nSPS) is 13.8. The Kier molecular flexibility index (Phi) is 37.9. The van der Waals surface area contributed by atoms with Gasteiger partial charge in [0.2, 0.25) is 0 Å². The molecular weight excluding hydrogens is 725 g/mol. The molecule has 0 spiro atoms. The van der Waals surface area contributed by atoms with E-state index in [1.54, 1.807) is 0 Å². The highest BCUT2D eigenvalue weighted by atomic mass is 31.2. The van der Waals surface area contributed by atoms with E-state index in [-0.39, 0.29) is 32.0 Å². The van der Waals surface area contributed by atoms with Gasteiger partial charge in [0, 0.05) is 12.8 Å². The summed E-state index contributed by atoms with van der Waals surface area (Å²) in [5, 5.41) is 0. The van der Waals surface area contributed by atoms with Crippen LogP contribution in [0.15, 0.2) is 24.3 Å². The highest BCUT2D eigenvalue weighted by Crippen LogP contribution is 2.43. The first-order chi connectivity index (χ1) is 27.0. The van der Waals surface area contributed by atoms with Crippen LogP contribution in [0.3, 0.4) is 0 Å². The third-order valence-electron chi connectivity index (χ3n) is 9.95. The fourth-order valence-corrected chi connectivity index (χ4v) is 7.04. The van der Waals surface area contributed by atoms with E-state index in [4.69, 9.17) is 18.5 Å². The Morgan fingerprint density at radius 3 is 1.32 bits per heavy atom. The first kappa shape index (κ1) is 54.5. The van der Waals surface area contributed by atoms with Crippen molar-refractivity contribution in [1.29, 1.82) is 0 Å². The number of ether oxygens (including phenoxy) is 2. The number of quaternary nitrogens is 1. The standard InChI is InChI=1S/C46H88NO8P/c1-6-8-10-12-14-16-18-20-22-23-25-26-28-30-32-34-36-38-45(48)52-42-44(43-54-56(50,51)53-41-40-47(3,4)5)55-46(49)39-37-35-33-31-29-27-24-21-19-17-15-13-11-9-7-2/h20-22,24,44H,6-19,23,25-43H2,1-5H3/p+1/b22-20+,24-21+/t44-/m1/s1. The maximum atomic E-state index is 12.7. The van der Waals surface area contributed by atoms with Gasteiger partial charge >= 0.3 is 19.8 Å². The molecule has 0 aromatic carbocycles. The Morgan fingerprint density at radius 1 is 0.536 bits per heavy atom. The monoisotopic (exact) mass is 815 g/mol. The molecule has 0 fully saturated rings. The number of carbonyl (C=O) groups excluding carboxylic acids is 2. The van der Waals surface area contributed by atoms with Crippen LogP contribution in [0.5, 0.6) is 0 Å². The molecule has 1 N–H and O–H groups in total. The molecule has 0 aromatic heterocycles. The summed E-state index contributed by atoms with van der Waals surface area (Å²) < 4.78 is 34.3. The molecule has 0 aliphatic heterocycles. The van der Waals surface area contributed by atoms with Gasteiger partial charge in [-0.15, -0.1) is 0 Å². The van der Waals surface area contributed by atoms with E-state index in [9.17, 15) is 19.0 Å². The minimum atomic E-state index is -4.38. The number of hydrogen-bond acceptors (Lipinski definition) is 7. The topological polar surface area (TPSA) is 108 Å². The van der Waals surface area contributed by atoms with Crippen molar-refractivity contribution >= 4 is 19.8 Å². The number of allylic oxidation sites excluding steroid dienone is 4. The van der Waals surface area contributed by atoms with E-state index in [0.717, 1.165) is 51.4 Å². The van der Waals surface area contributed by atoms with Gasteiger partial charge in [0.25, 0.3) is 0 Å². The Hall–Kier alpha value is -1.51. The predicted molar refractivity (Wildman–Crippen MR) is 234 cm³/mol. The highest BCUT2D eigenvalue weighted by Gasteiger charge is 2.27. The number of likely N-dealkylation sites (N-methyl/N-ethyl adjacent to an activating group) is 1. The number of nitrogens with zero attached hydrogens (tertiary/aromatic N) is 1. The lowest BCUT2D eigenvalue weighted by Gasteiger charge is -2.24. The lowest BCUT2D eigenvalue weighted by atomic mass is 10.1. The van der Waals surface area contributed by atoms with Gasteiger partial charge in [0.05, 0.1) is 27.7 Å². The Bertz CT molecular complexity index is 1010. The lowest BCUT2D eigenvalue weighted by Crippen LogP contribution is -2.37. The van der Waals surface area contributed by atoms with Crippen molar-refractivity contribution in [3.63, 3.8) is 0 Å². The van der Waals surface area contributed by atoms with Crippen LogP contribution in [-0.2, 0) is 32.7 Å². The first-order valence-electron chi connectivity index (χ1n) is 23.1. The Balaban J connectivity index is 4.33. The molecular formula is C46H89NO8P+. The second-order valence-electron chi connectivity index (χ2n) is 16.8. The molecule has 1 unspecified atom stereocenters. The molecule has 0 rings (SSSR count). The number of phosphoric ester groups is 1. The highest BCUT2D eigenvalue weighted by molar-refractivity contribution is 7.47. The predicted octanol–water partition coefficient (Wildman–Crippen LogP) is 13.1. The van der Waals surface area contributed by atoms with Gasteiger partial charge in [-0.05, 0) is 64.2 Å². The molecule has 330 valence electrons. The van der Waals surface area contributed by atoms with Crippen LogP contribution >= 0.6 is 7.82 Å². The quantitative estimate of drug-likeness (QED) is 0.0213. The van der Waals surface area contributed by atoms with E-state index in [1.807, 2.05) is 21.1 Å². The zero-order valence-electron chi connectivity index (χ0n) is 37.1. The number of esters is 2. The van der Waals surface area contributed by atoms with Crippen molar-refractivity contribution in [3.8, 4) is 0 Å². The number of carbonyl (C=O) groups is 2. The van der Waals surface area contributed by atoms with Crippen molar-refractivity contribution in [2.45, 2.75) is 213 Å². The van der Waals surface area contributed by atoms with Gasteiger partial charge in [-0.1, -0.05) is 154 Å². The average molecular weight is 815 g/mol. The summed E-state index contributed by atoms with van der Waals surface area (Å²) >= 11 is 0. The van der Waals surface area contributed by atoms with E-state index < -0.39 is 26.5 Å². The van der Waals surface area contributed by atoms with Crippen LogP contribution < -0.4 is 0 Å². The van der Waals surface area contributed by atoms with Crippen LogP contribution in [-0.4, -0.2) is 74.9 Å². The van der Waals surface area contributed by atoms with Crippen LogP contribution in [0, 0.1) is 0 Å². The van der Waals surface area contributed by atoms with Crippen molar-refractivity contribution < 1.29 is 42.1 Å². The zero-order chi connectivity index (χ0) is 41.4. The van der Waals surface area contributed by atoms with Crippen LogP contribution in [0.25, 0.3) is 0 Å². The number of phosphoric acid groups is 1. The summed E-state index contributed by atoms with van der Waals surface area (Å²) in [5.74, 6) is -0.808. The second kappa shape index (κ2) is 39.0. The van der Waals surface area contributed by atoms with Crippen LogP contribution in [0.2, 0.25) is 0 Å². The molecule has 0 saturated carbocycles. The van der Waals surface area contributed by atoms with Gasteiger partial charge < -0.3 is 18.9 Å². The molecule has 56 heavy (non-hydrogen) atoms. The van der Waals surface area contributed by atoms with Gasteiger partial charge in [-0.3, -0.25) is 18.6 Å². The number of unbranched alkanes of at least 4 members (excludes halogenated alkanes) is 24. The summed E-state index contributed by atoms with van der Waals surface area (Å²) in [7, 11) is 1.47. The van der Waals surface area contributed by atoms with Gasteiger partial charge in [-0.25, -0.2) is 4.57 Å². The molecule has 0 saturated heterocycles. The largest absolute Gasteiger partial charge is 0.472 e. The van der Waals surface area contributed by atoms with Gasteiger partial charge in [-0.2, -0.15) is 0 Å². The van der Waals surface area contributed by atoms with Crippen molar-refractivity contribution in [2.75, 3.05) is 47.5 Å².